The van der Waals surface area contributed by atoms with Crippen LogP contribution in [0.3, 0.4) is 0 Å². The first-order chi connectivity index (χ1) is 14.1. The Kier molecular flexibility index (Phi) is 55.2. The van der Waals surface area contributed by atoms with Gasteiger partial charge in [0.25, 0.3) is 0 Å². The molecule has 3 unspecified atom stereocenters. The third kappa shape index (κ3) is 37.7. The van der Waals surface area contributed by atoms with Crippen molar-refractivity contribution in [2.75, 3.05) is 6.54 Å². The van der Waals surface area contributed by atoms with Gasteiger partial charge in [-0.15, -0.1) is 0 Å². The van der Waals surface area contributed by atoms with Crippen LogP contribution in [-0.2, 0) is 14.4 Å². The van der Waals surface area contributed by atoms with Crippen molar-refractivity contribution in [3.05, 3.63) is 0 Å². The molecule has 186 valence electrons. The van der Waals surface area contributed by atoms with E-state index in [-0.39, 0.29) is 11.6 Å². The molecule has 4 heteroatoms. The van der Waals surface area contributed by atoms with Crippen LogP contribution in [0.15, 0.2) is 0 Å². The van der Waals surface area contributed by atoms with E-state index in [1.54, 1.807) is 6.92 Å². The minimum atomic E-state index is -0.327. The lowest BCUT2D eigenvalue weighted by molar-refractivity contribution is -0.135. The molecule has 0 spiro atoms. The first kappa shape index (κ1) is 43.0. The summed E-state index contributed by atoms with van der Waals surface area (Å²) in [7, 11) is 0. The second-order valence-corrected chi connectivity index (χ2v) is 6.49. The second kappa shape index (κ2) is 38.6. The Morgan fingerprint density at radius 1 is 0.767 bits per heavy atom. The van der Waals surface area contributed by atoms with Crippen molar-refractivity contribution < 1.29 is 14.4 Å². The molecule has 0 aliphatic rings. The van der Waals surface area contributed by atoms with Crippen LogP contribution in [-0.4, -0.2) is 23.9 Å². The van der Waals surface area contributed by atoms with E-state index < -0.39 is 0 Å². The van der Waals surface area contributed by atoms with E-state index in [9.17, 15) is 14.4 Å². The van der Waals surface area contributed by atoms with Crippen molar-refractivity contribution in [3.63, 3.8) is 0 Å². The Balaban J connectivity index is -0.0000000723. The number of rotatable bonds is 9. The summed E-state index contributed by atoms with van der Waals surface area (Å²) in [5.41, 5.74) is 4.85. The van der Waals surface area contributed by atoms with Crippen LogP contribution in [0.1, 0.15) is 129 Å². The summed E-state index contributed by atoms with van der Waals surface area (Å²) in [6, 6.07) is 0. The fourth-order valence-corrected chi connectivity index (χ4v) is 2.09. The largest absolute Gasteiger partial charge is 0.331 e. The van der Waals surface area contributed by atoms with Crippen LogP contribution in [0.5, 0.6) is 0 Å². The molecule has 0 amide bonds. The average Bonchev–Trinajstić information content (AvgIpc) is 2.76. The molecule has 0 aromatic heterocycles. The van der Waals surface area contributed by atoms with E-state index in [1.165, 1.54) is 13.3 Å². The summed E-state index contributed by atoms with van der Waals surface area (Å²) in [4.78, 5) is 32.0. The monoisotopic (exact) mass is 433 g/mol. The predicted molar refractivity (Wildman–Crippen MR) is 137 cm³/mol. The van der Waals surface area contributed by atoms with E-state index in [2.05, 4.69) is 27.7 Å². The summed E-state index contributed by atoms with van der Waals surface area (Å²) in [6.45, 7) is 28.3. The summed E-state index contributed by atoms with van der Waals surface area (Å²) in [5, 5.41) is 0. The molecule has 4 nitrogen and oxygen atoms in total. The SMILES string of the molecule is CC.CC.CC.CCC(C)CC(C(C)=O)C(C)CC.CCCC(=O)C(C)=O.CCN. The highest BCUT2D eigenvalue weighted by atomic mass is 16.2. The number of carbonyl (C=O) groups excluding carboxylic acids is 3. The molecule has 0 aliphatic heterocycles. The minimum Gasteiger partial charge on any atom is -0.331 e. The molecule has 0 aromatic carbocycles. The molecule has 0 bridgehead atoms. The number of ketones is 3. The van der Waals surface area contributed by atoms with E-state index >= 15 is 0 Å². The molecule has 0 rings (SSSR count). The van der Waals surface area contributed by atoms with Crippen LogP contribution in [0.4, 0.5) is 0 Å². The van der Waals surface area contributed by atoms with Crippen molar-refractivity contribution in [2.45, 2.75) is 129 Å². The van der Waals surface area contributed by atoms with Gasteiger partial charge in [-0.1, -0.05) is 95.9 Å². The summed E-state index contributed by atoms with van der Waals surface area (Å²) < 4.78 is 0. The predicted octanol–water partition coefficient (Wildman–Crippen LogP) is 7.66. The van der Waals surface area contributed by atoms with Gasteiger partial charge in [0.15, 0.2) is 11.6 Å². The highest BCUT2D eigenvalue weighted by molar-refractivity contribution is 6.36. The Morgan fingerprint density at radius 3 is 1.30 bits per heavy atom. The number of hydrogen-bond acceptors (Lipinski definition) is 4. The zero-order valence-corrected chi connectivity index (χ0v) is 23.3. The normalized spacial score (nSPS) is 11.3. The van der Waals surface area contributed by atoms with Gasteiger partial charge in [0, 0.05) is 19.3 Å². The molecule has 0 radical (unpaired) electrons. The average molecular weight is 434 g/mol. The Labute approximate surface area is 191 Å². The van der Waals surface area contributed by atoms with Crippen molar-refractivity contribution in [1.82, 2.24) is 0 Å². The summed E-state index contributed by atoms with van der Waals surface area (Å²) >= 11 is 0. The van der Waals surface area contributed by atoms with Gasteiger partial charge >= 0.3 is 0 Å². The van der Waals surface area contributed by atoms with Crippen LogP contribution in [0.2, 0.25) is 0 Å². The first-order valence-electron chi connectivity index (χ1n) is 12.4. The highest BCUT2D eigenvalue weighted by Crippen LogP contribution is 2.25. The molecule has 0 saturated carbocycles. The lowest BCUT2D eigenvalue weighted by Gasteiger charge is -2.22. The van der Waals surface area contributed by atoms with Crippen molar-refractivity contribution in [1.29, 1.82) is 0 Å². The van der Waals surface area contributed by atoms with Crippen LogP contribution in [0.25, 0.3) is 0 Å². The molecule has 0 saturated heterocycles. The molecular formula is C26H59NO3. The van der Waals surface area contributed by atoms with Crippen molar-refractivity contribution in [3.8, 4) is 0 Å². The Hall–Kier alpha value is -1.03. The van der Waals surface area contributed by atoms with Gasteiger partial charge in [-0.3, -0.25) is 14.4 Å². The fourth-order valence-electron chi connectivity index (χ4n) is 2.09. The zero-order valence-electron chi connectivity index (χ0n) is 23.3. The molecule has 0 heterocycles. The van der Waals surface area contributed by atoms with Gasteiger partial charge < -0.3 is 5.73 Å². The molecule has 2 N–H and O–H groups in total. The lowest BCUT2D eigenvalue weighted by atomic mass is 9.81. The van der Waals surface area contributed by atoms with Crippen LogP contribution >= 0.6 is 0 Å². The maximum atomic E-state index is 11.4. The van der Waals surface area contributed by atoms with Gasteiger partial charge in [0.2, 0.25) is 0 Å². The van der Waals surface area contributed by atoms with E-state index in [1.807, 2.05) is 55.4 Å². The van der Waals surface area contributed by atoms with Gasteiger partial charge in [0.1, 0.15) is 5.78 Å². The second-order valence-electron chi connectivity index (χ2n) is 6.49. The van der Waals surface area contributed by atoms with E-state index in [0.717, 1.165) is 25.8 Å². The van der Waals surface area contributed by atoms with Crippen LogP contribution in [0, 0.1) is 17.8 Å². The van der Waals surface area contributed by atoms with Crippen molar-refractivity contribution >= 4 is 17.3 Å². The van der Waals surface area contributed by atoms with Gasteiger partial charge in [0.05, 0.1) is 0 Å². The van der Waals surface area contributed by atoms with Crippen LogP contribution < -0.4 is 5.73 Å². The third-order valence-corrected chi connectivity index (χ3v) is 4.08. The Morgan fingerprint density at radius 2 is 1.13 bits per heavy atom. The molecule has 0 fully saturated rings. The van der Waals surface area contributed by atoms with E-state index in [4.69, 9.17) is 5.73 Å². The number of nitrogens with two attached hydrogens (primary N) is 1. The topological polar surface area (TPSA) is 77.2 Å². The Bertz CT molecular complexity index is 341. The molecule has 3 atom stereocenters. The summed E-state index contributed by atoms with van der Waals surface area (Å²) in [5.74, 6) is 1.31. The van der Waals surface area contributed by atoms with Crippen molar-refractivity contribution in [2.24, 2.45) is 23.5 Å². The zero-order chi connectivity index (χ0) is 25.7. The quantitative estimate of drug-likeness (QED) is 0.378. The van der Waals surface area contributed by atoms with Gasteiger partial charge in [-0.2, -0.15) is 0 Å². The number of hydrogen-bond donors (Lipinski definition) is 1. The molecule has 0 aromatic rings. The van der Waals surface area contributed by atoms with Gasteiger partial charge in [-0.05, 0) is 38.1 Å². The number of carbonyl (C=O) groups is 3. The lowest BCUT2D eigenvalue weighted by Crippen LogP contribution is -2.21. The molecular weight excluding hydrogens is 374 g/mol. The minimum absolute atomic E-state index is 0.257. The fraction of sp³-hybridized carbons (Fsp3) is 0.885. The molecule has 0 aliphatic carbocycles. The highest BCUT2D eigenvalue weighted by Gasteiger charge is 2.21. The smallest absolute Gasteiger partial charge is 0.198 e. The molecule has 30 heavy (non-hydrogen) atoms. The summed E-state index contributed by atoms with van der Waals surface area (Å²) in [6.07, 6.45) is 4.52. The first-order valence-corrected chi connectivity index (χ1v) is 12.4. The third-order valence-electron chi connectivity index (χ3n) is 4.08. The van der Waals surface area contributed by atoms with Gasteiger partial charge in [-0.25, -0.2) is 0 Å². The number of Topliss-reactive ketones (excluding diaryl/α,β-unsaturated/α-hetero) is 3. The van der Waals surface area contributed by atoms with E-state index in [0.29, 0.717) is 30.0 Å². The maximum absolute atomic E-state index is 11.4. The standard InChI is InChI=1S/C12H24O.C6H10O2.C2H7N.3C2H6/c1-6-9(3)8-12(11(5)13)10(4)7-2;1-3-4-6(8)5(2)7;1-2-3;3*1-2/h9-10,12H,6-8H2,1-5H3;3-4H2,1-2H3;2-3H2,1H3;3*1-2H3. The maximum Gasteiger partial charge on any atom is 0.198 e.